The van der Waals surface area contributed by atoms with E-state index in [-0.39, 0.29) is 6.04 Å². The van der Waals surface area contributed by atoms with Gasteiger partial charge in [0.25, 0.3) is 0 Å². The van der Waals surface area contributed by atoms with Crippen molar-refractivity contribution in [3.8, 4) is 0 Å². The fourth-order valence-electron chi connectivity index (χ4n) is 2.16. The van der Waals surface area contributed by atoms with Crippen molar-refractivity contribution >= 4 is 23.2 Å². The average Bonchev–Trinajstić information content (AvgIpc) is 2.79. The van der Waals surface area contributed by atoms with Crippen molar-refractivity contribution in [3.05, 3.63) is 51.8 Å². The van der Waals surface area contributed by atoms with Crippen LogP contribution in [0.5, 0.6) is 0 Å². The Morgan fingerprint density at radius 1 is 1.26 bits per heavy atom. The molecule has 1 aromatic carbocycles. The number of nitrogens with zero attached hydrogens (tertiary/aromatic N) is 2. The molecule has 3 nitrogen and oxygen atoms in total. The Bertz CT molecular complexity index is 534. The Kier molecular flexibility index (Phi) is 4.86. The van der Waals surface area contributed by atoms with Crippen molar-refractivity contribution in [2.24, 2.45) is 0 Å². The number of benzene rings is 1. The first-order valence-electron chi connectivity index (χ1n) is 6.28. The summed E-state index contributed by atoms with van der Waals surface area (Å²) in [6, 6.07) is 8.02. The smallest absolute Gasteiger partial charge is 0.0834 e. The zero-order chi connectivity index (χ0) is 13.8. The van der Waals surface area contributed by atoms with Gasteiger partial charge in [-0.25, -0.2) is 0 Å². The van der Waals surface area contributed by atoms with Gasteiger partial charge in [0.05, 0.1) is 23.0 Å². The molecule has 0 aliphatic rings. The zero-order valence-corrected chi connectivity index (χ0v) is 12.5. The summed E-state index contributed by atoms with van der Waals surface area (Å²) in [5.74, 6) is 0. The molecule has 1 atom stereocenters. The minimum absolute atomic E-state index is 0.135. The molecule has 0 bridgehead atoms. The number of nitrogens with one attached hydrogen (secondary N) is 1. The van der Waals surface area contributed by atoms with Crippen LogP contribution < -0.4 is 5.32 Å². The Balaban J connectivity index is 2.24. The Morgan fingerprint density at radius 3 is 2.53 bits per heavy atom. The number of likely N-dealkylation sites (N-methyl/N-ethyl adjacent to an activating group) is 1. The van der Waals surface area contributed by atoms with Crippen LogP contribution in [0.4, 0.5) is 0 Å². The van der Waals surface area contributed by atoms with Crippen molar-refractivity contribution in [1.82, 2.24) is 15.1 Å². The van der Waals surface area contributed by atoms with E-state index in [0.29, 0.717) is 5.02 Å². The van der Waals surface area contributed by atoms with E-state index < -0.39 is 0 Å². The van der Waals surface area contributed by atoms with Gasteiger partial charge < -0.3 is 5.32 Å². The monoisotopic (exact) mass is 297 g/mol. The van der Waals surface area contributed by atoms with Gasteiger partial charge in [0, 0.05) is 11.6 Å². The predicted octanol–water partition coefficient (Wildman–Crippen LogP) is 3.71. The zero-order valence-electron chi connectivity index (χ0n) is 11.0. The minimum Gasteiger partial charge on any atom is -0.311 e. The fourth-order valence-corrected chi connectivity index (χ4v) is 2.56. The van der Waals surface area contributed by atoms with Gasteiger partial charge in [-0.05, 0) is 38.1 Å². The van der Waals surface area contributed by atoms with Gasteiger partial charge in [-0.2, -0.15) is 5.10 Å². The lowest BCUT2D eigenvalue weighted by atomic mass is 10.0. The van der Waals surface area contributed by atoms with E-state index in [9.17, 15) is 0 Å². The van der Waals surface area contributed by atoms with Gasteiger partial charge >= 0.3 is 0 Å². The first-order chi connectivity index (χ1) is 9.15. The van der Waals surface area contributed by atoms with Gasteiger partial charge in [0.1, 0.15) is 0 Å². The second-order valence-corrected chi connectivity index (χ2v) is 5.21. The molecule has 0 amide bonds. The third-order valence-electron chi connectivity index (χ3n) is 3.16. The summed E-state index contributed by atoms with van der Waals surface area (Å²) in [6.07, 6.45) is 2.55. The summed E-state index contributed by atoms with van der Waals surface area (Å²) in [5.41, 5.74) is 2.24. The highest BCUT2D eigenvalue weighted by Gasteiger charge is 2.18. The molecule has 0 radical (unpaired) electrons. The van der Waals surface area contributed by atoms with E-state index in [0.717, 1.165) is 23.7 Å². The van der Waals surface area contributed by atoms with Crippen LogP contribution in [0.1, 0.15) is 24.2 Å². The normalized spacial score (nSPS) is 12.6. The molecular weight excluding hydrogens is 281 g/mol. The van der Waals surface area contributed by atoms with Crippen LogP contribution in [0, 0.1) is 0 Å². The lowest BCUT2D eigenvalue weighted by Crippen LogP contribution is -2.22. The number of hydrogen-bond acceptors (Lipinski definition) is 2. The average molecular weight is 298 g/mol. The SMILES string of the molecule is CCn1ncc(Cl)c1C(Cc1ccc(Cl)cc1)NC. The van der Waals surface area contributed by atoms with Crippen molar-refractivity contribution in [1.29, 1.82) is 0 Å². The number of rotatable bonds is 5. The lowest BCUT2D eigenvalue weighted by Gasteiger charge is -2.18. The van der Waals surface area contributed by atoms with Gasteiger partial charge in [-0.3, -0.25) is 4.68 Å². The van der Waals surface area contributed by atoms with Crippen LogP contribution >= 0.6 is 23.2 Å². The van der Waals surface area contributed by atoms with E-state index in [1.54, 1.807) is 6.20 Å². The van der Waals surface area contributed by atoms with E-state index >= 15 is 0 Å². The minimum atomic E-state index is 0.135. The third-order valence-corrected chi connectivity index (χ3v) is 3.71. The van der Waals surface area contributed by atoms with Crippen molar-refractivity contribution in [2.75, 3.05) is 7.05 Å². The summed E-state index contributed by atoms with van der Waals surface area (Å²) in [4.78, 5) is 0. The van der Waals surface area contributed by atoms with Crippen LogP contribution in [-0.4, -0.2) is 16.8 Å². The Hall–Kier alpha value is -1.03. The van der Waals surface area contributed by atoms with Crippen LogP contribution in [0.2, 0.25) is 10.0 Å². The topological polar surface area (TPSA) is 29.9 Å². The molecule has 1 aromatic heterocycles. The molecule has 1 heterocycles. The molecule has 0 aliphatic carbocycles. The van der Waals surface area contributed by atoms with E-state index in [4.69, 9.17) is 23.2 Å². The second kappa shape index (κ2) is 6.42. The first kappa shape index (κ1) is 14.4. The summed E-state index contributed by atoms with van der Waals surface area (Å²) >= 11 is 12.1. The Morgan fingerprint density at radius 2 is 1.95 bits per heavy atom. The summed E-state index contributed by atoms with van der Waals surface area (Å²) in [5, 5.41) is 9.04. The van der Waals surface area contributed by atoms with Gasteiger partial charge in [-0.15, -0.1) is 0 Å². The van der Waals surface area contributed by atoms with E-state index in [1.165, 1.54) is 5.56 Å². The number of aromatic nitrogens is 2. The van der Waals surface area contributed by atoms with Crippen molar-refractivity contribution in [3.63, 3.8) is 0 Å². The highest BCUT2D eigenvalue weighted by molar-refractivity contribution is 6.31. The van der Waals surface area contributed by atoms with Gasteiger partial charge in [0.2, 0.25) is 0 Å². The molecule has 0 saturated carbocycles. The molecule has 0 saturated heterocycles. The molecule has 1 N–H and O–H groups in total. The number of aryl methyl sites for hydroxylation is 1. The predicted molar refractivity (Wildman–Crippen MR) is 79.9 cm³/mol. The maximum atomic E-state index is 6.24. The molecule has 1 unspecified atom stereocenters. The van der Waals surface area contributed by atoms with E-state index in [2.05, 4.69) is 17.3 Å². The van der Waals surface area contributed by atoms with Crippen LogP contribution in [0.3, 0.4) is 0 Å². The highest BCUT2D eigenvalue weighted by atomic mass is 35.5. The van der Waals surface area contributed by atoms with Crippen LogP contribution in [0.25, 0.3) is 0 Å². The van der Waals surface area contributed by atoms with Crippen LogP contribution in [-0.2, 0) is 13.0 Å². The lowest BCUT2D eigenvalue weighted by molar-refractivity contribution is 0.513. The molecule has 0 aliphatic heterocycles. The third kappa shape index (κ3) is 3.30. The van der Waals surface area contributed by atoms with Crippen molar-refractivity contribution in [2.45, 2.75) is 25.9 Å². The molecular formula is C14H17Cl2N3. The number of halogens is 2. The molecule has 2 aromatic rings. The fraction of sp³-hybridized carbons (Fsp3) is 0.357. The van der Waals surface area contributed by atoms with E-state index in [1.807, 2.05) is 36.0 Å². The molecule has 2 rings (SSSR count). The Labute approximate surface area is 123 Å². The largest absolute Gasteiger partial charge is 0.311 e. The molecule has 0 fully saturated rings. The number of hydrogen-bond donors (Lipinski definition) is 1. The maximum absolute atomic E-state index is 6.24. The van der Waals surface area contributed by atoms with Gasteiger partial charge in [0.15, 0.2) is 0 Å². The first-order valence-corrected chi connectivity index (χ1v) is 7.04. The van der Waals surface area contributed by atoms with Crippen molar-refractivity contribution < 1.29 is 0 Å². The summed E-state index contributed by atoms with van der Waals surface area (Å²) in [7, 11) is 1.93. The molecule has 5 heteroatoms. The second-order valence-electron chi connectivity index (χ2n) is 4.37. The maximum Gasteiger partial charge on any atom is 0.0834 e. The molecule has 19 heavy (non-hydrogen) atoms. The summed E-state index contributed by atoms with van der Waals surface area (Å²) in [6.45, 7) is 2.86. The summed E-state index contributed by atoms with van der Waals surface area (Å²) < 4.78 is 1.93. The van der Waals surface area contributed by atoms with Gasteiger partial charge in [-0.1, -0.05) is 35.3 Å². The highest BCUT2D eigenvalue weighted by Crippen LogP contribution is 2.26. The molecule has 0 spiro atoms. The van der Waals surface area contributed by atoms with Crippen LogP contribution in [0.15, 0.2) is 30.5 Å². The molecule has 102 valence electrons. The quantitative estimate of drug-likeness (QED) is 0.912. The standard InChI is InChI=1S/C14H17Cl2N3/c1-3-19-14(12(16)9-18-19)13(17-2)8-10-4-6-11(15)7-5-10/h4-7,9,13,17H,3,8H2,1-2H3.